The Bertz CT molecular complexity index is 1150. The van der Waals surface area contributed by atoms with Crippen LogP contribution in [0.1, 0.15) is 47.3 Å². The van der Waals surface area contributed by atoms with E-state index in [9.17, 15) is 0 Å². The Morgan fingerprint density at radius 3 is 2.12 bits per heavy atom. The number of ether oxygens (including phenoxy) is 2. The van der Waals surface area contributed by atoms with E-state index in [2.05, 4.69) is 60.4 Å². The fourth-order valence-electron chi connectivity index (χ4n) is 4.16. The quantitative estimate of drug-likeness (QED) is 0.392. The van der Waals surface area contributed by atoms with E-state index in [1.807, 2.05) is 42.5 Å². The zero-order valence-electron chi connectivity index (χ0n) is 18.8. The van der Waals surface area contributed by atoms with Crippen LogP contribution < -0.4 is 9.47 Å². The van der Waals surface area contributed by atoms with Crippen molar-refractivity contribution in [2.45, 2.75) is 25.4 Å². The number of hydrogen-bond acceptors (Lipinski definition) is 6. The minimum Gasteiger partial charge on any atom is -0.486 e. The Kier molecular flexibility index (Phi) is 6.09. The first-order valence-corrected chi connectivity index (χ1v) is 11.2. The number of rotatable bonds is 7. The predicted molar refractivity (Wildman–Crippen MR) is 125 cm³/mol. The lowest BCUT2D eigenvalue weighted by Crippen LogP contribution is -2.22. The highest BCUT2D eigenvalue weighted by Crippen LogP contribution is 2.34. The van der Waals surface area contributed by atoms with Gasteiger partial charge < -0.3 is 14.0 Å². The minimum absolute atomic E-state index is 0.0783. The average Bonchev–Trinajstić information content (AvgIpc) is 3.32. The maximum absolute atomic E-state index is 5.74. The molecule has 0 saturated heterocycles. The molecule has 2 heterocycles. The summed E-state index contributed by atoms with van der Waals surface area (Å²) < 4.78 is 17.1. The Morgan fingerprint density at radius 1 is 0.818 bits per heavy atom. The molecule has 4 aromatic rings. The van der Waals surface area contributed by atoms with Gasteiger partial charge in [-0.1, -0.05) is 71.9 Å². The van der Waals surface area contributed by atoms with Crippen LogP contribution in [0, 0.1) is 0 Å². The van der Waals surface area contributed by atoms with Gasteiger partial charge in [-0.15, -0.1) is 0 Å². The van der Waals surface area contributed by atoms with Crippen LogP contribution in [-0.2, 0) is 6.54 Å². The van der Waals surface area contributed by atoms with Gasteiger partial charge in [0.15, 0.2) is 17.3 Å². The van der Waals surface area contributed by atoms with Crippen molar-refractivity contribution in [3.63, 3.8) is 0 Å². The van der Waals surface area contributed by atoms with Crippen molar-refractivity contribution in [1.82, 2.24) is 15.0 Å². The fourth-order valence-corrected chi connectivity index (χ4v) is 4.16. The maximum Gasteiger partial charge on any atom is 0.240 e. The van der Waals surface area contributed by atoms with Crippen LogP contribution in [0.3, 0.4) is 0 Å². The second-order valence-electron chi connectivity index (χ2n) is 8.29. The van der Waals surface area contributed by atoms with Crippen molar-refractivity contribution in [3.8, 4) is 11.5 Å². The molecule has 1 aliphatic rings. The predicted octanol–water partition coefficient (Wildman–Crippen LogP) is 5.21. The van der Waals surface area contributed by atoms with Crippen molar-refractivity contribution < 1.29 is 14.0 Å². The van der Waals surface area contributed by atoms with Crippen LogP contribution in [0.4, 0.5) is 0 Å². The van der Waals surface area contributed by atoms with E-state index in [4.69, 9.17) is 19.0 Å². The van der Waals surface area contributed by atoms with Gasteiger partial charge >= 0.3 is 0 Å². The van der Waals surface area contributed by atoms with Gasteiger partial charge in [0.05, 0.1) is 12.5 Å². The smallest absolute Gasteiger partial charge is 0.240 e. The van der Waals surface area contributed by atoms with Crippen LogP contribution >= 0.6 is 0 Å². The first-order valence-electron chi connectivity index (χ1n) is 11.2. The molecule has 0 unspecified atom stereocenters. The molecule has 0 bridgehead atoms. The Labute approximate surface area is 193 Å². The molecule has 5 rings (SSSR count). The highest BCUT2D eigenvalue weighted by atomic mass is 16.6. The summed E-state index contributed by atoms with van der Waals surface area (Å²) in [6.45, 7) is 3.86. The number of aromatic nitrogens is 2. The van der Waals surface area contributed by atoms with E-state index in [1.54, 1.807) is 0 Å². The maximum atomic E-state index is 5.74. The van der Waals surface area contributed by atoms with Gasteiger partial charge in [-0.25, -0.2) is 0 Å². The number of benzene rings is 3. The third kappa shape index (κ3) is 4.61. The van der Waals surface area contributed by atoms with Crippen molar-refractivity contribution in [1.29, 1.82) is 0 Å². The molecule has 0 amide bonds. The lowest BCUT2D eigenvalue weighted by molar-refractivity contribution is 0.170. The molecule has 0 radical (unpaired) electrons. The van der Waals surface area contributed by atoms with Gasteiger partial charge in [-0.3, -0.25) is 4.90 Å². The van der Waals surface area contributed by atoms with Gasteiger partial charge in [0.2, 0.25) is 5.89 Å². The molecular weight excluding hydrogens is 414 g/mol. The normalized spacial score (nSPS) is 13.9. The molecule has 6 heteroatoms. The molecule has 1 atom stereocenters. The SMILES string of the molecule is C[C@H](c1ccc2c(c1)OCCO2)N(C)Cc1nc(C(c2ccccc2)c2ccccc2)no1. The van der Waals surface area contributed by atoms with E-state index in [0.29, 0.717) is 31.5 Å². The number of fused-ring (bicyclic) bond motifs is 1. The summed E-state index contributed by atoms with van der Waals surface area (Å²) in [5, 5.41) is 4.36. The second kappa shape index (κ2) is 9.46. The standard InChI is InChI=1S/C27H27N3O3/c1-19(22-13-14-23-24(17-22)32-16-15-31-23)30(2)18-25-28-27(29-33-25)26(20-9-5-3-6-10-20)21-11-7-4-8-12-21/h3-14,17,19,26H,15-16,18H2,1-2H3/t19-/m1/s1. The van der Waals surface area contributed by atoms with E-state index in [1.165, 1.54) is 0 Å². The molecule has 1 aliphatic heterocycles. The monoisotopic (exact) mass is 441 g/mol. The topological polar surface area (TPSA) is 60.6 Å². The van der Waals surface area contributed by atoms with Gasteiger partial charge in [0, 0.05) is 6.04 Å². The van der Waals surface area contributed by atoms with E-state index < -0.39 is 0 Å². The first-order chi connectivity index (χ1) is 16.2. The molecule has 0 saturated carbocycles. The molecule has 168 valence electrons. The minimum atomic E-state index is -0.0783. The first kappa shape index (κ1) is 21.2. The van der Waals surface area contributed by atoms with Gasteiger partial charge in [0.1, 0.15) is 13.2 Å². The molecule has 6 nitrogen and oxygen atoms in total. The Hall–Kier alpha value is -3.64. The number of nitrogens with zero attached hydrogens (tertiary/aromatic N) is 3. The zero-order chi connectivity index (χ0) is 22.6. The summed E-state index contributed by atoms with van der Waals surface area (Å²) in [4.78, 5) is 6.97. The Morgan fingerprint density at radius 2 is 1.45 bits per heavy atom. The Balaban J connectivity index is 1.35. The summed E-state index contributed by atoms with van der Waals surface area (Å²) in [7, 11) is 2.05. The lowest BCUT2D eigenvalue weighted by Gasteiger charge is -2.25. The van der Waals surface area contributed by atoms with Crippen LogP contribution in [0.25, 0.3) is 0 Å². The lowest BCUT2D eigenvalue weighted by atomic mass is 9.91. The average molecular weight is 442 g/mol. The summed E-state index contributed by atoms with van der Waals surface area (Å²) in [6, 6.07) is 26.8. The van der Waals surface area contributed by atoms with Gasteiger partial charge in [-0.2, -0.15) is 4.98 Å². The molecular formula is C27H27N3O3. The van der Waals surface area contributed by atoms with E-state index in [0.717, 1.165) is 28.2 Å². The van der Waals surface area contributed by atoms with Crippen LogP contribution in [0.2, 0.25) is 0 Å². The third-order valence-electron chi connectivity index (χ3n) is 6.10. The molecule has 33 heavy (non-hydrogen) atoms. The molecule has 0 aliphatic carbocycles. The molecule has 0 spiro atoms. The van der Waals surface area contributed by atoms with Crippen LogP contribution in [0.5, 0.6) is 11.5 Å². The van der Waals surface area contributed by atoms with Crippen molar-refractivity contribution in [2.75, 3.05) is 20.3 Å². The third-order valence-corrected chi connectivity index (χ3v) is 6.10. The zero-order valence-corrected chi connectivity index (χ0v) is 18.8. The van der Waals surface area contributed by atoms with E-state index in [-0.39, 0.29) is 12.0 Å². The van der Waals surface area contributed by atoms with Gasteiger partial charge in [-0.05, 0) is 42.8 Å². The highest BCUT2D eigenvalue weighted by Gasteiger charge is 2.24. The summed E-state index contributed by atoms with van der Waals surface area (Å²) >= 11 is 0. The number of hydrogen-bond donors (Lipinski definition) is 0. The fraction of sp³-hybridized carbons (Fsp3) is 0.259. The molecule has 0 fully saturated rings. The van der Waals surface area contributed by atoms with Crippen molar-refractivity contribution in [2.24, 2.45) is 0 Å². The largest absolute Gasteiger partial charge is 0.486 e. The molecule has 0 N–H and O–H groups in total. The van der Waals surface area contributed by atoms with Crippen LogP contribution in [-0.4, -0.2) is 35.3 Å². The van der Waals surface area contributed by atoms with Crippen LogP contribution in [0.15, 0.2) is 83.4 Å². The summed E-state index contributed by atoms with van der Waals surface area (Å²) in [6.07, 6.45) is 0. The van der Waals surface area contributed by atoms with Gasteiger partial charge in [0.25, 0.3) is 0 Å². The van der Waals surface area contributed by atoms with Crippen molar-refractivity contribution >= 4 is 0 Å². The highest BCUT2D eigenvalue weighted by molar-refractivity contribution is 5.44. The summed E-state index contributed by atoms with van der Waals surface area (Å²) in [5.41, 5.74) is 3.41. The van der Waals surface area contributed by atoms with Crippen molar-refractivity contribution in [3.05, 3.63) is 107 Å². The molecule has 3 aromatic carbocycles. The van der Waals surface area contributed by atoms with E-state index >= 15 is 0 Å². The molecule has 1 aromatic heterocycles. The second-order valence-corrected chi connectivity index (χ2v) is 8.29. The summed E-state index contributed by atoms with van der Waals surface area (Å²) in [5.74, 6) is 2.78.